The molecule has 0 spiro atoms. The van der Waals surface area contributed by atoms with E-state index in [1.54, 1.807) is 37.4 Å². The van der Waals surface area contributed by atoms with Gasteiger partial charge < -0.3 is 15.4 Å². The van der Waals surface area contributed by atoms with Gasteiger partial charge in [-0.25, -0.2) is 8.42 Å². The number of benzene rings is 3. The van der Waals surface area contributed by atoms with E-state index in [1.807, 2.05) is 36.4 Å². The highest BCUT2D eigenvalue weighted by atomic mass is 32.2. The zero-order valence-corrected chi connectivity index (χ0v) is 16.8. The third kappa shape index (κ3) is 5.98. The van der Waals surface area contributed by atoms with Gasteiger partial charge in [0.05, 0.1) is 13.4 Å². The van der Waals surface area contributed by atoms with Gasteiger partial charge in [0.15, 0.2) is 0 Å². The number of hydrogen-bond donors (Lipinski definition) is 3. The van der Waals surface area contributed by atoms with Crippen molar-refractivity contribution in [3.05, 3.63) is 78.4 Å². The van der Waals surface area contributed by atoms with Crippen molar-refractivity contribution in [2.24, 2.45) is 0 Å². The number of anilines is 4. The van der Waals surface area contributed by atoms with Crippen LogP contribution in [0.5, 0.6) is 5.75 Å². The lowest BCUT2D eigenvalue weighted by molar-refractivity contribution is 0.102. The van der Waals surface area contributed by atoms with Gasteiger partial charge in [-0.2, -0.15) is 0 Å². The minimum Gasteiger partial charge on any atom is -0.497 e. The predicted molar refractivity (Wildman–Crippen MR) is 116 cm³/mol. The van der Waals surface area contributed by atoms with E-state index in [9.17, 15) is 13.2 Å². The summed E-state index contributed by atoms with van der Waals surface area (Å²) in [6.45, 7) is 0. The average Bonchev–Trinajstić information content (AvgIpc) is 2.69. The topological polar surface area (TPSA) is 96.5 Å². The van der Waals surface area contributed by atoms with E-state index in [-0.39, 0.29) is 5.91 Å². The molecule has 1 amide bonds. The second-order valence-electron chi connectivity index (χ2n) is 6.34. The molecule has 0 saturated heterocycles. The van der Waals surface area contributed by atoms with Crippen LogP contribution >= 0.6 is 0 Å². The minimum atomic E-state index is -3.41. The molecule has 150 valence electrons. The second kappa shape index (κ2) is 8.66. The largest absolute Gasteiger partial charge is 0.497 e. The Balaban J connectivity index is 1.64. The van der Waals surface area contributed by atoms with Crippen LogP contribution in [-0.4, -0.2) is 27.7 Å². The molecule has 0 saturated carbocycles. The molecule has 0 bridgehead atoms. The van der Waals surface area contributed by atoms with E-state index < -0.39 is 10.0 Å². The van der Waals surface area contributed by atoms with Gasteiger partial charge in [-0.05, 0) is 66.7 Å². The summed E-state index contributed by atoms with van der Waals surface area (Å²) in [5, 5.41) is 6.06. The highest BCUT2D eigenvalue weighted by Crippen LogP contribution is 2.22. The Kier molecular flexibility index (Phi) is 6.04. The van der Waals surface area contributed by atoms with Gasteiger partial charge in [-0.15, -0.1) is 0 Å². The summed E-state index contributed by atoms with van der Waals surface area (Å²) in [7, 11) is -1.79. The van der Waals surface area contributed by atoms with Crippen molar-refractivity contribution in [3.8, 4) is 5.75 Å². The number of carbonyl (C=O) groups is 1. The molecule has 3 N–H and O–H groups in total. The molecular formula is C21H21N3O4S. The van der Waals surface area contributed by atoms with Crippen LogP contribution in [0.4, 0.5) is 22.7 Å². The molecule has 0 fully saturated rings. The number of nitrogens with one attached hydrogen (secondary N) is 3. The van der Waals surface area contributed by atoms with Crippen LogP contribution in [0.25, 0.3) is 0 Å². The summed E-state index contributed by atoms with van der Waals surface area (Å²) >= 11 is 0. The Bertz CT molecular complexity index is 1100. The van der Waals surface area contributed by atoms with Crippen LogP contribution in [0.2, 0.25) is 0 Å². The quantitative estimate of drug-likeness (QED) is 0.545. The van der Waals surface area contributed by atoms with E-state index in [2.05, 4.69) is 15.4 Å². The number of sulfonamides is 1. The van der Waals surface area contributed by atoms with Crippen molar-refractivity contribution in [2.45, 2.75) is 0 Å². The van der Waals surface area contributed by atoms with Crippen molar-refractivity contribution in [1.82, 2.24) is 0 Å². The van der Waals surface area contributed by atoms with Crippen LogP contribution in [-0.2, 0) is 10.0 Å². The summed E-state index contributed by atoms with van der Waals surface area (Å²) in [6, 6.07) is 21.1. The van der Waals surface area contributed by atoms with Gasteiger partial charge in [0, 0.05) is 28.3 Å². The lowest BCUT2D eigenvalue weighted by Gasteiger charge is -2.10. The summed E-state index contributed by atoms with van der Waals surface area (Å²) in [5.41, 5.74) is 3.08. The van der Waals surface area contributed by atoms with Crippen LogP contribution < -0.4 is 20.1 Å². The smallest absolute Gasteiger partial charge is 0.255 e. The normalized spacial score (nSPS) is 10.8. The number of ether oxygens (including phenoxy) is 1. The Morgan fingerprint density at radius 2 is 1.41 bits per heavy atom. The molecular weight excluding hydrogens is 390 g/mol. The molecule has 0 radical (unpaired) electrons. The molecule has 3 rings (SSSR count). The molecule has 29 heavy (non-hydrogen) atoms. The third-order valence-corrected chi connectivity index (χ3v) is 4.56. The number of methoxy groups -OCH3 is 1. The minimum absolute atomic E-state index is 0.333. The van der Waals surface area contributed by atoms with Gasteiger partial charge in [0.2, 0.25) is 10.0 Å². The maximum absolute atomic E-state index is 12.5. The lowest BCUT2D eigenvalue weighted by Crippen LogP contribution is -2.13. The zero-order chi connectivity index (χ0) is 20.9. The first-order chi connectivity index (χ1) is 13.8. The Hall–Kier alpha value is -3.52. The molecule has 0 aromatic heterocycles. The molecule has 0 aliphatic heterocycles. The van der Waals surface area contributed by atoms with Crippen molar-refractivity contribution in [2.75, 3.05) is 28.7 Å². The van der Waals surface area contributed by atoms with Crippen LogP contribution in [0.3, 0.4) is 0 Å². The SMILES string of the molecule is COc1ccc(Nc2ccc(NC(=O)c3cccc(NS(C)(=O)=O)c3)cc2)cc1. The average molecular weight is 411 g/mol. The van der Waals surface area contributed by atoms with Crippen LogP contribution in [0.1, 0.15) is 10.4 Å². The first kappa shape index (κ1) is 20.2. The van der Waals surface area contributed by atoms with E-state index in [0.717, 1.165) is 23.4 Å². The van der Waals surface area contributed by atoms with Crippen LogP contribution in [0.15, 0.2) is 72.8 Å². The molecule has 8 heteroatoms. The maximum Gasteiger partial charge on any atom is 0.255 e. The third-order valence-electron chi connectivity index (χ3n) is 3.95. The highest BCUT2D eigenvalue weighted by molar-refractivity contribution is 7.92. The first-order valence-electron chi connectivity index (χ1n) is 8.73. The van der Waals surface area contributed by atoms with Gasteiger partial charge in [0.25, 0.3) is 5.91 Å². The fourth-order valence-corrected chi connectivity index (χ4v) is 3.17. The molecule has 0 heterocycles. The first-order valence-corrected chi connectivity index (χ1v) is 10.6. The van der Waals surface area contributed by atoms with Crippen LogP contribution in [0, 0.1) is 0 Å². The van der Waals surface area contributed by atoms with Gasteiger partial charge in [-0.1, -0.05) is 6.07 Å². The van der Waals surface area contributed by atoms with Crippen molar-refractivity contribution >= 4 is 38.7 Å². The fourth-order valence-electron chi connectivity index (χ4n) is 2.62. The van der Waals surface area contributed by atoms with Crippen molar-refractivity contribution in [3.63, 3.8) is 0 Å². The monoisotopic (exact) mass is 411 g/mol. The van der Waals surface area contributed by atoms with Gasteiger partial charge >= 0.3 is 0 Å². The Morgan fingerprint density at radius 1 is 0.828 bits per heavy atom. The molecule has 0 aliphatic rings. The number of amides is 1. The summed E-state index contributed by atoms with van der Waals surface area (Å²) in [6.07, 6.45) is 1.06. The molecule has 0 atom stereocenters. The molecule has 3 aromatic carbocycles. The van der Waals surface area contributed by atoms with Crippen molar-refractivity contribution < 1.29 is 17.9 Å². The van der Waals surface area contributed by atoms with Gasteiger partial charge in [-0.3, -0.25) is 9.52 Å². The van der Waals surface area contributed by atoms with E-state index in [0.29, 0.717) is 16.9 Å². The molecule has 0 unspecified atom stereocenters. The number of rotatable bonds is 7. The lowest BCUT2D eigenvalue weighted by atomic mass is 10.2. The second-order valence-corrected chi connectivity index (χ2v) is 8.09. The molecule has 3 aromatic rings. The Labute approximate surface area is 169 Å². The van der Waals surface area contributed by atoms with Gasteiger partial charge in [0.1, 0.15) is 5.75 Å². The number of hydrogen-bond acceptors (Lipinski definition) is 5. The van der Waals surface area contributed by atoms with E-state index in [4.69, 9.17) is 4.74 Å². The molecule has 7 nitrogen and oxygen atoms in total. The standard InChI is InChI=1S/C21H21N3O4S/c1-28-20-12-10-17(11-13-20)22-16-6-8-18(9-7-16)23-21(25)15-4-3-5-19(14-15)24-29(2,26)27/h3-14,22,24H,1-2H3,(H,23,25). The zero-order valence-electron chi connectivity index (χ0n) is 16.0. The number of carbonyl (C=O) groups excluding carboxylic acids is 1. The maximum atomic E-state index is 12.5. The Morgan fingerprint density at radius 3 is 2.00 bits per heavy atom. The highest BCUT2D eigenvalue weighted by Gasteiger charge is 2.09. The fraction of sp³-hybridized carbons (Fsp3) is 0.0952. The summed E-state index contributed by atoms with van der Waals surface area (Å²) in [5.74, 6) is 0.447. The summed E-state index contributed by atoms with van der Waals surface area (Å²) in [4.78, 5) is 12.5. The predicted octanol–water partition coefficient (Wildman–Crippen LogP) is 4.06. The summed E-state index contributed by atoms with van der Waals surface area (Å²) < 4.78 is 30.2. The molecule has 0 aliphatic carbocycles. The van der Waals surface area contributed by atoms with E-state index >= 15 is 0 Å². The van der Waals surface area contributed by atoms with Crippen molar-refractivity contribution in [1.29, 1.82) is 0 Å². The van der Waals surface area contributed by atoms with E-state index in [1.165, 1.54) is 6.07 Å².